The van der Waals surface area contributed by atoms with Crippen molar-refractivity contribution in [1.82, 2.24) is 15.2 Å². The fraction of sp³-hybridized carbons (Fsp3) is 0.353. The summed E-state index contributed by atoms with van der Waals surface area (Å²) < 4.78 is 0. The molecule has 0 amide bonds. The summed E-state index contributed by atoms with van der Waals surface area (Å²) in [5, 5.41) is 8.74. The molecule has 7 heteroatoms. The van der Waals surface area contributed by atoms with Gasteiger partial charge in [-0.3, -0.25) is 24.8 Å². The standard InChI is InChI=1S/C17H18N4O2.ClH/c1-17(2)7-10-12(11(22)8-17)13(9-5-3-4-6-18-9)14-15(19-10)20-21-16(14)23;/h3-6,13H,7-8H2,1-2H3,(H3,19,20,21,23);1H. The summed E-state index contributed by atoms with van der Waals surface area (Å²) in [4.78, 5) is 29.5. The fourth-order valence-electron chi connectivity index (χ4n) is 3.66. The van der Waals surface area contributed by atoms with Gasteiger partial charge in [0.25, 0.3) is 5.56 Å². The van der Waals surface area contributed by atoms with Crippen LogP contribution >= 0.6 is 12.4 Å². The average Bonchev–Trinajstić information content (AvgIpc) is 2.86. The first-order valence-corrected chi connectivity index (χ1v) is 7.71. The van der Waals surface area contributed by atoms with Crippen LogP contribution in [0.2, 0.25) is 0 Å². The van der Waals surface area contributed by atoms with Crippen LogP contribution in [0, 0.1) is 5.41 Å². The smallest absolute Gasteiger partial charge is 0.270 e. The maximum Gasteiger partial charge on any atom is 0.270 e. The number of allylic oxidation sites excluding steroid dienone is 2. The molecule has 1 unspecified atom stereocenters. The van der Waals surface area contributed by atoms with Crippen molar-refractivity contribution in [1.29, 1.82) is 0 Å². The van der Waals surface area contributed by atoms with Crippen LogP contribution in [-0.2, 0) is 4.79 Å². The molecule has 3 heterocycles. The summed E-state index contributed by atoms with van der Waals surface area (Å²) in [6.45, 7) is 4.17. The van der Waals surface area contributed by atoms with Gasteiger partial charge in [-0.15, -0.1) is 12.4 Å². The molecular formula is C17H19ClN4O2. The molecule has 0 spiro atoms. The normalized spacial score (nSPS) is 21.4. The molecule has 126 valence electrons. The minimum atomic E-state index is -0.416. The monoisotopic (exact) mass is 346 g/mol. The summed E-state index contributed by atoms with van der Waals surface area (Å²) in [5.74, 6) is 0.307. The Morgan fingerprint density at radius 2 is 1.96 bits per heavy atom. The number of fused-ring (bicyclic) bond motifs is 1. The topological polar surface area (TPSA) is 90.6 Å². The Morgan fingerprint density at radius 3 is 2.67 bits per heavy atom. The van der Waals surface area contributed by atoms with Gasteiger partial charge >= 0.3 is 0 Å². The molecule has 2 aromatic rings. The second-order valence-electron chi connectivity index (χ2n) is 7.01. The largest absolute Gasteiger partial charge is 0.343 e. The molecule has 0 bridgehead atoms. The highest BCUT2D eigenvalue weighted by molar-refractivity contribution is 6.01. The SMILES string of the molecule is CC1(C)CC(=O)C2=C(C1)Nc1[nH][nH]c(=O)c1C2c1ccccn1.Cl. The molecule has 1 atom stereocenters. The molecule has 0 saturated carbocycles. The van der Waals surface area contributed by atoms with E-state index in [9.17, 15) is 9.59 Å². The number of nitrogens with one attached hydrogen (secondary N) is 3. The Labute approximate surface area is 145 Å². The molecule has 4 rings (SSSR count). The number of pyridine rings is 1. The van der Waals surface area contributed by atoms with Crippen LogP contribution in [0.4, 0.5) is 5.82 Å². The summed E-state index contributed by atoms with van der Waals surface area (Å²) in [5.41, 5.74) is 2.53. The second-order valence-corrected chi connectivity index (χ2v) is 7.01. The van der Waals surface area contributed by atoms with Crippen molar-refractivity contribution < 1.29 is 4.79 Å². The number of carbonyl (C=O) groups is 1. The molecule has 0 aromatic carbocycles. The highest BCUT2D eigenvalue weighted by Crippen LogP contribution is 2.46. The summed E-state index contributed by atoms with van der Waals surface area (Å²) in [6, 6.07) is 5.57. The van der Waals surface area contributed by atoms with Gasteiger partial charge in [-0.05, 0) is 24.0 Å². The lowest BCUT2D eigenvalue weighted by Crippen LogP contribution is -2.35. The number of Topliss-reactive ketones (excluding diaryl/α,β-unsaturated/α-hetero) is 1. The van der Waals surface area contributed by atoms with E-state index in [1.54, 1.807) is 6.20 Å². The van der Waals surface area contributed by atoms with Crippen LogP contribution in [0.25, 0.3) is 0 Å². The zero-order chi connectivity index (χ0) is 16.2. The van der Waals surface area contributed by atoms with Gasteiger partial charge in [-0.1, -0.05) is 19.9 Å². The third-order valence-corrected chi connectivity index (χ3v) is 4.57. The minimum absolute atomic E-state index is 0. The highest BCUT2D eigenvalue weighted by atomic mass is 35.5. The van der Waals surface area contributed by atoms with Crippen molar-refractivity contribution in [2.24, 2.45) is 5.41 Å². The summed E-state index contributed by atoms with van der Waals surface area (Å²) in [6.07, 6.45) is 2.94. The molecule has 24 heavy (non-hydrogen) atoms. The van der Waals surface area contributed by atoms with Crippen molar-refractivity contribution in [2.45, 2.75) is 32.6 Å². The van der Waals surface area contributed by atoms with Gasteiger partial charge in [0.15, 0.2) is 5.78 Å². The number of aromatic nitrogens is 3. The Hall–Kier alpha value is -2.34. The van der Waals surface area contributed by atoms with Crippen molar-refractivity contribution in [3.63, 3.8) is 0 Å². The molecule has 1 aliphatic carbocycles. The van der Waals surface area contributed by atoms with E-state index in [0.717, 1.165) is 17.8 Å². The zero-order valence-corrected chi connectivity index (χ0v) is 14.3. The molecule has 0 fully saturated rings. The first-order valence-electron chi connectivity index (χ1n) is 7.71. The second kappa shape index (κ2) is 5.63. The molecule has 1 aliphatic heterocycles. The summed E-state index contributed by atoms with van der Waals surface area (Å²) in [7, 11) is 0. The number of aromatic amines is 2. The Kier molecular flexibility index (Phi) is 3.87. The van der Waals surface area contributed by atoms with Crippen molar-refractivity contribution in [3.05, 3.63) is 57.3 Å². The van der Waals surface area contributed by atoms with Crippen LogP contribution in [0.3, 0.4) is 0 Å². The molecule has 0 saturated heterocycles. The van der Waals surface area contributed by atoms with E-state index in [2.05, 4.69) is 34.3 Å². The van der Waals surface area contributed by atoms with Gasteiger partial charge in [-0.25, -0.2) is 0 Å². The van der Waals surface area contributed by atoms with Gasteiger partial charge in [0.05, 0.1) is 17.2 Å². The molecule has 0 radical (unpaired) electrons. The van der Waals surface area contributed by atoms with E-state index in [0.29, 0.717) is 23.4 Å². The molecule has 2 aliphatic rings. The maximum absolute atomic E-state index is 12.8. The number of hydrogen-bond donors (Lipinski definition) is 3. The third kappa shape index (κ3) is 2.47. The van der Waals surface area contributed by atoms with E-state index in [1.165, 1.54) is 0 Å². The quantitative estimate of drug-likeness (QED) is 0.740. The fourth-order valence-corrected chi connectivity index (χ4v) is 3.66. The van der Waals surface area contributed by atoms with E-state index in [4.69, 9.17) is 0 Å². The lowest BCUT2D eigenvalue weighted by atomic mass is 9.70. The first-order chi connectivity index (χ1) is 11.0. The van der Waals surface area contributed by atoms with Crippen LogP contribution in [-0.4, -0.2) is 21.0 Å². The predicted molar refractivity (Wildman–Crippen MR) is 93.4 cm³/mol. The van der Waals surface area contributed by atoms with Crippen LogP contribution in [0.1, 0.15) is 43.9 Å². The lowest BCUT2D eigenvalue weighted by molar-refractivity contribution is -0.118. The number of hydrogen-bond acceptors (Lipinski definition) is 4. The Balaban J connectivity index is 0.00000169. The Bertz CT molecular complexity index is 879. The number of rotatable bonds is 1. The number of nitrogens with zero attached hydrogens (tertiary/aromatic N) is 1. The first kappa shape index (κ1) is 16.5. The van der Waals surface area contributed by atoms with Gasteiger partial charge in [0, 0.05) is 23.9 Å². The van der Waals surface area contributed by atoms with Crippen molar-refractivity contribution in [3.8, 4) is 0 Å². The maximum atomic E-state index is 12.8. The number of halogens is 1. The van der Waals surface area contributed by atoms with Gasteiger partial charge in [0.1, 0.15) is 5.82 Å². The number of carbonyl (C=O) groups excluding carboxylic acids is 1. The molecular weight excluding hydrogens is 328 g/mol. The molecule has 2 aromatic heterocycles. The highest BCUT2D eigenvalue weighted by Gasteiger charge is 2.42. The molecule has 6 nitrogen and oxygen atoms in total. The van der Waals surface area contributed by atoms with Crippen molar-refractivity contribution >= 4 is 24.0 Å². The Morgan fingerprint density at radius 1 is 1.17 bits per heavy atom. The van der Waals surface area contributed by atoms with Gasteiger partial charge < -0.3 is 5.32 Å². The third-order valence-electron chi connectivity index (χ3n) is 4.57. The minimum Gasteiger partial charge on any atom is -0.343 e. The van der Waals surface area contributed by atoms with Crippen LogP contribution in [0.15, 0.2) is 40.5 Å². The number of anilines is 1. The zero-order valence-electron chi connectivity index (χ0n) is 13.5. The molecule has 3 N–H and O–H groups in total. The van der Waals surface area contributed by atoms with Crippen molar-refractivity contribution in [2.75, 3.05) is 5.32 Å². The van der Waals surface area contributed by atoms with E-state index in [1.807, 2.05) is 18.2 Å². The lowest BCUT2D eigenvalue weighted by Gasteiger charge is -2.37. The van der Waals surface area contributed by atoms with Crippen LogP contribution < -0.4 is 10.9 Å². The van der Waals surface area contributed by atoms with Gasteiger partial charge in [-0.2, -0.15) is 0 Å². The van der Waals surface area contributed by atoms with Gasteiger partial charge in [0.2, 0.25) is 0 Å². The van der Waals surface area contributed by atoms with E-state index < -0.39 is 5.92 Å². The predicted octanol–water partition coefficient (Wildman–Crippen LogP) is 2.72. The summed E-state index contributed by atoms with van der Waals surface area (Å²) >= 11 is 0. The average molecular weight is 347 g/mol. The van der Waals surface area contributed by atoms with E-state index >= 15 is 0 Å². The van der Waals surface area contributed by atoms with Crippen LogP contribution in [0.5, 0.6) is 0 Å². The number of H-pyrrole nitrogens is 2. The number of ketones is 1. The van der Waals surface area contributed by atoms with E-state index in [-0.39, 0.29) is 29.2 Å².